The summed E-state index contributed by atoms with van der Waals surface area (Å²) in [6.45, 7) is 5.83. The van der Waals surface area contributed by atoms with E-state index < -0.39 is 0 Å². The molecule has 1 aliphatic rings. The van der Waals surface area contributed by atoms with Crippen LogP contribution < -0.4 is 10.3 Å². The van der Waals surface area contributed by atoms with Crippen LogP contribution in [0.25, 0.3) is 21.8 Å². The van der Waals surface area contributed by atoms with Gasteiger partial charge in [0.05, 0.1) is 18.0 Å². The molecular weight excluding hydrogens is 378 g/mol. The van der Waals surface area contributed by atoms with Gasteiger partial charge < -0.3 is 14.6 Å². The van der Waals surface area contributed by atoms with Crippen molar-refractivity contribution >= 4 is 21.8 Å². The third-order valence-corrected chi connectivity index (χ3v) is 6.37. The molecule has 7 nitrogen and oxygen atoms in total. The van der Waals surface area contributed by atoms with E-state index in [0.717, 1.165) is 37.4 Å². The summed E-state index contributed by atoms with van der Waals surface area (Å²) in [5.41, 5.74) is 5.56. The van der Waals surface area contributed by atoms with Gasteiger partial charge in [0.25, 0.3) is 5.56 Å². The van der Waals surface area contributed by atoms with Gasteiger partial charge in [-0.25, -0.2) is 0 Å². The molecule has 1 aliphatic heterocycles. The second-order valence-corrected chi connectivity index (χ2v) is 8.27. The lowest BCUT2D eigenvalue weighted by atomic mass is 9.98. The number of benzene rings is 2. The Balaban J connectivity index is 1.55. The topological polar surface area (TPSA) is 80.2 Å². The number of aromatic amines is 3. The first-order valence-electron chi connectivity index (χ1n) is 10.3. The molecule has 0 amide bonds. The molecule has 2 aromatic heterocycles. The van der Waals surface area contributed by atoms with Crippen LogP contribution in [0.2, 0.25) is 0 Å². The van der Waals surface area contributed by atoms with Crippen LogP contribution in [0.3, 0.4) is 0 Å². The van der Waals surface area contributed by atoms with Gasteiger partial charge >= 0.3 is 0 Å². The van der Waals surface area contributed by atoms with Crippen LogP contribution >= 0.6 is 0 Å². The number of H-pyrrole nitrogens is 3. The lowest BCUT2D eigenvalue weighted by molar-refractivity contribution is 0.0831. The molecule has 1 atom stereocenters. The number of hydrogen-bond donors (Lipinski definition) is 3. The van der Waals surface area contributed by atoms with Gasteiger partial charge in [0.15, 0.2) is 0 Å². The smallest absolute Gasteiger partial charge is 0.271 e. The van der Waals surface area contributed by atoms with Crippen molar-refractivity contribution in [1.82, 2.24) is 25.0 Å². The average Bonchev–Trinajstić information content (AvgIpc) is 3.38. The highest BCUT2D eigenvalue weighted by molar-refractivity contribution is 5.88. The fourth-order valence-electron chi connectivity index (χ4n) is 4.71. The van der Waals surface area contributed by atoms with Crippen LogP contribution in [0.5, 0.6) is 5.75 Å². The summed E-state index contributed by atoms with van der Waals surface area (Å²) in [6.07, 6.45) is 2.00. The Kier molecular flexibility index (Phi) is 4.64. The van der Waals surface area contributed by atoms with E-state index in [1.54, 1.807) is 7.11 Å². The van der Waals surface area contributed by atoms with Crippen LogP contribution in [0.15, 0.2) is 41.3 Å². The van der Waals surface area contributed by atoms with Crippen molar-refractivity contribution in [3.8, 4) is 5.75 Å². The Labute approximate surface area is 174 Å². The average molecular weight is 406 g/mol. The SMILES string of the molecule is COc1cc(C)c2[nH]ccc2c1CN1CCN(C)CC1c1ccc2c(=O)[nH][nH]c2c1. The highest BCUT2D eigenvalue weighted by atomic mass is 16.5. The van der Waals surface area contributed by atoms with Gasteiger partial charge in [0.1, 0.15) is 5.75 Å². The molecule has 0 radical (unpaired) electrons. The third-order valence-electron chi connectivity index (χ3n) is 6.37. The number of methoxy groups -OCH3 is 1. The van der Waals surface area contributed by atoms with E-state index in [1.807, 2.05) is 12.3 Å². The molecule has 1 fully saturated rings. The molecule has 30 heavy (non-hydrogen) atoms. The van der Waals surface area contributed by atoms with E-state index in [4.69, 9.17) is 4.74 Å². The van der Waals surface area contributed by atoms with E-state index >= 15 is 0 Å². The van der Waals surface area contributed by atoms with E-state index in [9.17, 15) is 4.79 Å². The second kappa shape index (κ2) is 7.34. The first kappa shape index (κ1) is 19.0. The zero-order valence-corrected chi connectivity index (χ0v) is 17.6. The molecule has 0 spiro atoms. The van der Waals surface area contributed by atoms with Gasteiger partial charge in [-0.1, -0.05) is 6.07 Å². The predicted octanol–water partition coefficient (Wildman–Crippen LogP) is 3.14. The standard InChI is InChI=1S/C23H27N5O2/c1-14-10-21(30-3)18(16-6-7-24-22(14)16)12-28-9-8-27(2)13-20(28)15-4-5-17-19(11-15)25-26-23(17)29/h4-7,10-11,20,24H,8-9,12-13H2,1-3H3,(H2,25,26,29). The normalized spacial score (nSPS) is 18.4. The van der Waals surface area contributed by atoms with Crippen molar-refractivity contribution in [2.75, 3.05) is 33.8 Å². The summed E-state index contributed by atoms with van der Waals surface area (Å²) >= 11 is 0. The fraction of sp³-hybridized carbons (Fsp3) is 0.348. The molecule has 1 unspecified atom stereocenters. The van der Waals surface area contributed by atoms with Crippen molar-refractivity contribution < 1.29 is 4.74 Å². The Morgan fingerprint density at radius 2 is 2.00 bits per heavy atom. The minimum atomic E-state index is -0.0755. The molecule has 7 heteroatoms. The number of likely N-dealkylation sites (N-methyl/N-ethyl adjacent to an activating group) is 1. The second-order valence-electron chi connectivity index (χ2n) is 8.27. The summed E-state index contributed by atoms with van der Waals surface area (Å²) in [5.74, 6) is 0.933. The van der Waals surface area contributed by atoms with Gasteiger partial charge in [-0.2, -0.15) is 0 Å². The predicted molar refractivity (Wildman–Crippen MR) is 119 cm³/mol. The summed E-state index contributed by atoms with van der Waals surface area (Å²) in [7, 11) is 3.91. The number of fused-ring (bicyclic) bond motifs is 2. The molecule has 0 bridgehead atoms. The Morgan fingerprint density at radius 1 is 1.13 bits per heavy atom. The van der Waals surface area contributed by atoms with Crippen LogP contribution in [-0.2, 0) is 6.54 Å². The van der Waals surface area contributed by atoms with E-state index in [1.165, 1.54) is 27.6 Å². The molecule has 5 rings (SSSR count). The molecule has 1 saturated heterocycles. The Bertz CT molecular complexity index is 1270. The van der Waals surface area contributed by atoms with Crippen molar-refractivity contribution in [2.24, 2.45) is 0 Å². The largest absolute Gasteiger partial charge is 0.496 e. The van der Waals surface area contributed by atoms with E-state index in [-0.39, 0.29) is 11.6 Å². The zero-order chi connectivity index (χ0) is 20.8. The number of rotatable bonds is 4. The van der Waals surface area contributed by atoms with Gasteiger partial charge in [-0.15, -0.1) is 0 Å². The van der Waals surface area contributed by atoms with Gasteiger partial charge in [0, 0.05) is 54.9 Å². The van der Waals surface area contributed by atoms with Crippen LogP contribution in [0.4, 0.5) is 0 Å². The van der Waals surface area contributed by atoms with Crippen molar-refractivity contribution in [3.05, 3.63) is 63.6 Å². The molecular formula is C23H27N5O2. The minimum Gasteiger partial charge on any atom is -0.496 e. The van der Waals surface area contributed by atoms with Gasteiger partial charge in [0.2, 0.25) is 0 Å². The molecule has 4 aromatic rings. The molecule has 0 aliphatic carbocycles. The Hall–Kier alpha value is -3.03. The maximum absolute atomic E-state index is 11.9. The van der Waals surface area contributed by atoms with Crippen molar-refractivity contribution in [1.29, 1.82) is 0 Å². The number of piperazine rings is 1. The minimum absolute atomic E-state index is 0.0755. The lowest BCUT2D eigenvalue weighted by Crippen LogP contribution is -2.46. The quantitative estimate of drug-likeness (QED) is 0.487. The van der Waals surface area contributed by atoms with Crippen molar-refractivity contribution in [2.45, 2.75) is 19.5 Å². The molecule has 3 heterocycles. The van der Waals surface area contributed by atoms with Crippen LogP contribution in [0, 0.1) is 6.92 Å². The molecule has 2 aromatic carbocycles. The number of hydrogen-bond acceptors (Lipinski definition) is 4. The van der Waals surface area contributed by atoms with Crippen LogP contribution in [-0.4, -0.2) is 58.8 Å². The van der Waals surface area contributed by atoms with E-state index in [2.05, 4.69) is 63.2 Å². The maximum atomic E-state index is 11.9. The lowest BCUT2D eigenvalue weighted by Gasteiger charge is -2.40. The van der Waals surface area contributed by atoms with E-state index in [0.29, 0.717) is 5.39 Å². The fourth-order valence-corrected chi connectivity index (χ4v) is 4.71. The van der Waals surface area contributed by atoms with Gasteiger partial charge in [-0.05, 0) is 49.4 Å². The maximum Gasteiger partial charge on any atom is 0.271 e. The van der Waals surface area contributed by atoms with Crippen molar-refractivity contribution in [3.63, 3.8) is 0 Å². The monoisotopic (exact) mass is 405 g/mol. The molecule has 0 saturated carbocycles. The summed E-state index contributed by atoms with van der Waals surface area (Å²) in [4.78, 5) is 20.2. The summed E-state index contributed by atoms with van der Waals surface area (Å²) < 4.78 is 5.77. The van der Waals surface area contributed by atoms with Gasteiger partial charge in [-0.3, -0.25) is 19.9 Å². The summed E-state index contributed by atoms with van der Waals surface area (Å²) in [5, 5.41) is 7.59. The zero-order valence-electron chi connectivity index (χ0n) is 17.6. The van der Waals surface area contributed by atoms with Crippen LogP contribution in [0.1, 0.15) is 22.7 Å². The highest BCUT2D eigenvalue weighted by Crippen LogP contribution is 2.35. The number of nitrogens with one attached hydrogen (secondary N) is 3. The number of aryl methyl sites for hydroxylation is 1. The highest BCUT2D eigenvalue weighted by Gasteiger charge is 2.28. The number of nitrogens with zero attached hydrogens (tertiary/aromatic N) is 2. The molecule has 3 N–H and O–H groups in total. The number of aromatic nitrogens is 3. The Morgan fingerprint density at radius 3 is 2.83 bits per heavy atom. The summed E-state index contributed by atoms with van der Waals surface area (Å²) in [6, 6.07) is 10.6. The third kappa shape index (κ3) is 3.11. The first-order chi connectivity index (χ1) is 14.5. The number of ether oxygens (including phenoxy) is 1. The molecule has 156 valence electrons. The first-order valence-corrected chi connectivity index (χ1v) is 10.3.